The number of hydrogen-bond donors (Lipinski definition) is 2. The van der Waals surface area contributed by atoms with Crippen molar-refractivity contribution >= 4 is 21.8 Å². The zero-order chi connectivity index (χ0) is 19.6. The number of ether oxygens (including phenoxy) is 1. The van der Waals surface area contributed by atoms with Crippen molar-refractivity contribution in [3.8, 4) is 17.0 Å². The number of hydrogen-bond acceptors (Lipinski definition) is 5. The number of aliphatic hydroxyl groups excluding tert-OH is 1. The van der Waals surface area contributed by atoms with Gasteiger partial charge in [0.15, 0.2) is 22.3 Å². The van der Waals surface area contributed by atoms with Gasteiger partial charge in [-0.15, -0.1) is 0 Å². The molecule has 0 bridgehead atoms. The van der Waals surface area contributed by atoms with E-state index in [4.69, 9.17) is 14.9 Å². The highest BCUT2D eigenvalue weighted by Crippen LogP contribution is 2.33. The van der Waals surface area contributed by atoms with Crippen LogP contribution in [0.2, 0.25) is 0 Å². The molecule has 140 valence electrons. The van der Waals surface area contributed by atoms with Crippen molar-refractivity contribution in [1.82, 2.24) is 4.98 Å². The third kappa shape index (κ3) is 3.83. The SMILES string of the molecule is NC(=O)c1c(F)ccc(OC(CO)c2nc(-c3ccccc3)c(Br)o2)c1F. The first-order valence-corrected chi connectivity index (χ1v) is 8.48. The summed E-state index contributed by atoms with van der Waals surface area (Å²) < 4.78 is 39.0. The van der Waals surface area contributed by atoms with Gasteiger partial charge >= 0.3 is 0 Å². The Balaban J connectivity index is 1.94. The summed E-state index contributed by atoms with van der Waals surface area (Å²) in [7, 11) is 0. The lowest BCUT2D eigenvalue weighted by Gasteiger charge is -2.15. The standard InChI is InChI=1S/C18H13BrF2N2O4/c19-16-15(9-4-2-1-3-5-9)23-18(27-16)12(8-24)26-11-7-6-10(20)13(14(11)21)17(22)25/h1-7,12,24H,8H2,(H2,22,25). The number of carbonyl (C=O) groups excluding carboxylic acids is 1. The first-order valence-electron chi connectivity index (χ1n) is 7.69. The Morgan fingerprint density at radius 3 is 2.59 bits per heavy atom. The fraction of sp³-hybridized carbons (Fsp3) is 0.111. The molecule has 0 radical (unpaired) electrons. The van der Waals surface area contributed by atoms with Gasteiger partial charge in [0.2, 0.25) is 5.89 Å². The Morgan fingerprint density at radius 1 is 1.26 bits per heavy atom. The van der Waals surface area contributed by atoms with Gasteiger partial charge in [0.05, 0.1) is 6.61 Å². The zero-order valence-electron chi connectivity index (χ0n) is 13.7. The van der Waals surface area contributed by atoms with Gasteiger partial charge in [0, 0.05) is 5.56 Å². The van der Waals surface area contributed by atoms with E-state index in [1.165, 1.54) is 0 Å². The van der Waals surface area contributed by atoms with Crippen LogP contribution >= 0.6 is 15.9 Å². The molecule has 27 heavy (non-hydrogen) atoms. The molecular formula is C18H13BrF2N2O4. The summed E-state index contributed by atoms with van der Waals surface area (Å²) in [6.45, 7) is -0.607. The largest absolute Gasteiger partial charge is 0.475 e. The Morgan fingerprint density at radius 2 is 1.96 bits per heavy atom. The highest BCUT2D eigenvalue weighted by molar-refractivity contribution is 9.10. The minimum absolute atomic E-state index is 0.0346. The molecule has 3 aromatic rings. The number of nitrogens with two attached hydrogens (primary N) is 1. The topological polar surface area (TPSA) is 98.6 Å². The van der Waals surface area contributed by atoms with E-state index in [1.807, 2.05) is 18.2 Å². The van der Waals surface area contributed by atoms with E-state index >= 15 is 0 Å². The molecule has 1 amide bonds. The molecule has 0 aliphatic rings. The molecule has 6 nitrogen and oxygen atoms in total. The summed E-state index contributed by atoms with van der Waals surface area (Å²) in [4.78, 5) is 15.5. The Kier molecular flexibility index (Phi) is 5.52. The molecule has 2 aromatic carbocycles. The van der Waals surface area contributed by atoms with Gasteiger partial charge < -0.3 is 20.0 Å². The minimum atomic E-state index is -1.28. The number of aromatic nitrogens is 1. The van der Waals surface area contributed by atoms with Crippen molar-refractivity contribution in [2.45, 2.75) is 6.10 Å². The van der Waals surface area contributed by atoms with Crippen LogP contribution in [-0.4, -0.2) is 22.6 Å². The summed E-state index contributed by atoms with van der Waals surface area (Å²) in [5, 5.41) is 9.61. The van der Waals surface area contributed by atoms with Crippen molar-refractivity contribution in [1.29, 1.82) is 0 Å². The number of amides is 1. The molecule has 9 heteroatoms. The van der Waals surface area contributed by atoms with Crippen LogP contribution in [0.15, 0.2) is 51.6 Å². The monoisotopic (exact) mass is 438 g/mol. The summed E-state index contributed by atoms with van der Waals surface area (Å²) in [5.74, 6) is -4.17. The molecule has 1 atom stereocenters. The third-order valence-corrected chi connectivity index (χ3v) is 4.20. The lowest BCUT2D eigenvalue weighted by atomic mass is 10.1. The van der Waals surface area contributed by atoms with Crippen LogP contribution in [0, 0.1) is 11.6 Å². The maximum Gasteiger partial charge on any atom is 0.254 e. The van der Waals surface area contributed by atoms with Crippen LogP contribution in [0.3, 0.4) is 0 Å². The van der Waals surface area contributed by atoms with Gasteiger partial charge in [0.25, 0.3) is 5.91 Å². The predicted molar refractivity (Wildman–Crippen MR) is 95.0 cm³/mol. The normalized spacial score (nSPS) is 12.0. The maximum atomic E-state index is 14.3. The summed E-state index contributed by atoms with van der Waals surface area (Å²) in [6, 6.07) is 10.9. The van der Waals surface area contributed by atoms with Gasteiger partial charge in [-0.2, -0.15) is 0 Å². The molecule has 1 unspecified atom stereocenters. The Bertz CT molecular complexity index is 979. The number of primary amides is 1. The van der Waals surface area contributed by atoms with Crippen molar-refractivity contribution in [2.75, 3.05) is 6.61 Å². The molecule has 0 aliphatic heterocycles. The number of nitrogens with zero attached hydrogens (tertiary/aromatic N) is 1. The van der Waals surface area contributed by atoms with Crippen molar-refractivity contribution in [3.63, 3.8) is 0 Å². The zero-order valence-corrected chi connectivity index (χ0v) is 15.2. The molecule has 0 aliphatic carbocycles. The van der Waals surface area contributed by atoms with Crippen LogP contribution in [0.4, 0.5) is 8.78 Å². The number of oxazole rings is 1. The molecular weight excluding hydrogens is 426 g/mol. The number of halogens is 3. The van der Waals surface area contributed by atoms with E-state index in [1.54, 1.807) is 12.1 Å². The predicted octanol–water partition coefficient (Wildman–Crippen LogP) is 3.59. The first-order chi connectivity index (χ1) is 12.9. The van der Waals surface area contributed by atoms with E-state index in [9.17, 15) is 18.7 Å². The summed E-state index contributed by atoms with van der Waals surface area (Å²) in [6.07, 6.45) is -1.19. The maximum absolute atomic E-state index is 14.3. The molecule has 0 saturated heterocycles. The van der Waals surface area contributed by atoms with Gasteiger partial charge in [-0.05, 0) is 28.1 Å². The fourth-order valence-electron chi connectivity index (χ4n) is 2.40. The first kappa shape index (κ1) is 19.0. The van der Waals surface area contributed by atoms with E-state index in [2.05, 4.69) is 20.9 Å². The Labute approximate surface area is 160 Å². The number of aliphatic hydroxyl groups is 1. The molecule has 1 aromatic heterocycles. The third-order valence-electron chi connectivity index (χ3n) is 3.66. The summed E-state index contributed by atoms with van der Waals surface area (Å²) >= 11 is 3.24. The van der Waals surface area contributed by atoms with Crippen LogP contribution in [0.1, 0.15) is 22.4 Å². The average Bonchev–Trinajstić information content (AvgIpc) is 3.03. The minimum Gasteiger partial charge on any atom is -0.475 e. The highest BCUT2D eigenvalue weighted by atomic mass is 79.9. The second-order valence-electron chi connectivity index (χ2n) is 5.43. The fourth-order valence-corrected chi connectivity index (χ4v) is 2.88. The molecule has 0 spiro atoms. The Hall–Kier alpha value is -2.78. The molecule has 1 heterocycles. The van der Waals surface area contributed by atoms with E-state index < -0.39 is 41.6 Å². The molecule has 0 fully saturated rings. The lowest BCUT2D eigenvalue weighted by Crippen LogP contribution is -2.18. The molecule has 3 rings (SSSR count). The lowest BCUT2D eigenvalue weighted by molar-refractivity contribution is 0.0880. The van der Waals surface area contributed by atoms with Gasteiger partial charge in [-0.3, -0.25) is 4.79 Å². The van der Waals surface area contributed by atoms with E-state index in [0.29, 0.717) is 10.4 Å². The van der Waals surface area contributed by atoms with Crippen molar-refractivity contribution in [3.05, 3.63) is 70.2 Å². The van der Waals surface area contributed by atoms with Crippen LogP contribution in [-0.2, 0) is 0 Å². The van der Waals surface area contributed by atoms with Gasteiger partial charge in [-0.1, -0.05) is 30.3 Å². The van der Waals surface area contributed by atoms with Gasteiger partial charge in [0.1, 0.15) is 17.1 Å². The van der Waals surface area contributed by atoms with Crippen molar-refractivity contribution < 1.29 is 27.8 Å². The average molecular weight is 439 g/mol. The number of benzene rings is 2. The summed E-state index contributed by atoms with van der Waals surface area (Å²) in [5.41, 5.74) is 5.27. The molecule has 0 saturated carbocycles. The van der Waals surface area contributed by atoms with Crippen LogP contribution in [0.25, 0.3) is 11.3 Å². The smallest absolute Gasteiger partial charge is 0.254 e. The van der Waals surface area contributed by atoms with E-state index in [0.717, 1.165) is 17.7 Å². The van der Waals surface area contributed by atoms with Crippen molar-refractivity contribution in [2.24, 2.45) is 5.73 Å². The quantitative estimate of drug-likeness (QED) is 0.612. The number of carbonyl (C=O) groups is 1. The van der Waals surface area contributed by atoms with Gasteiger partial charge in [-0.25, -0.2) is 13.8 Å². The number of rotatable bonds is 6. The van der Waals surface area contributed by atoms with E-state index in [-0.39, 0.29) is 5.89 Å². The van der Waals surface area contributed by atoms with Crippen LogP contribution in [0.5, 0.6) is 5.75 Å². The second kappa shape index (κ2) is 7.85. The highest BCUT2D eigenvalue weighted by Gasteiger charge is 2.26. The molecule has 3 N–H and O–H groups in total. The van der Waals surface area contributed by atoms with Crippen LogP contribution < -0.4 is 10.5 Å². The second-order valence-corrected chi connectivity index (χ2v) is 6.15.